The van der Waals surface area contributed by atoms with E-state index in [4.69, 9.17) is 4.98 Å². The van der Waals surface area contributed by atoms with Crippen LogP contribution in [0, 0.1) is 6.07 Å². The third-order valence-electron chi connectivity index (χ3n) is 7.93. The van der Waals surface area contributed by atoms with Crippen LogP contribution in [-0.4, -0.2) is 19.6 Å². The first-order chi connectivity index (χ1) is 22.2. The van der Waals surface area contributed by atoms with Gasteiger partial charge in [0, 0.05) is 38.0 Å². The van der Waals surface area contributed by atoms with Crippen molar-refractivity contribution in [1.82, 2.24) is 14.5 Å². The van der Waals surface area contributed by atoms with Crippen molar-refractivity contribution in [3.8, 4) is 44.9 Å². The Morgan fingerprint density at radius 1 is 0.630 bits per heavy atom. The van der Waals surface area contributed by atoms with Crippen molar-refractivity contribution in [2.24, 2.45) is 0 Å². The summed E-state index contributed by atoms with van der Waals surface area (Å²) in [6.07, 6.45) is 1.80. The third kappa shape index (κ3) is 5.53. The second-order valence-electron chi connectivity index (χ2n) is 10.7. The number of para-hydroxylation sites is 2. The molecule has 0 unspecified atom stereocenters. The molecule has 6 heteroatoms. The van der Waals surface area contributed by atoms with Crippen molar-refractivity contribution >= 4 is 33.7 Å². The number of aromatic hydroxyl groups is 1. The summed E-state index contributed by atoms with van der Waals surface area (Å²) in [5, 5.41) is 14.0. The van der Waals surface area contributed by atoms with Gasteiger partial charge in [-0.3, -0.25) is 9.55 Å². The molecule has 1 N–H and O–H groups in total. The summed E-state index contributed by atoms with van der Waals surface area (Å²) in [5.41, 5.74) is 8.47. The summed E-state index contributed by atoms with van der Waals surface area (Å²) in [6, 6.07) is 52.6. The van der Waals surface area contributed by atoms with E-state index in [9.17, 15) is 5.11 Å². The summed E-state index contributed by atoms with van der Waals surface area (Å²) in [6.45, 7) is 0. The van der Waals surface area contributed by atoms with E-state index < -0.39 is 0 Å². The molecular formula is C40H26N3OPtS-. The molecule has 0 amide bonds. The zero-order chi connectivity index (χ0) is 30.2. The maximum absolute atomic E-state index is 11.1. The number of phenolic OH excluding ortho intramolecular Hbond substituents is 1. The second kappa shape index (κ2) is 12.8. The van der Waals surface area contributed by atoms with E-state index in [1.54, 1.807) is 24.0 Å². The van der Waals surface area contributed by atoms with Crippen molar-refractivity contribution in [3.63, 3.8) is 0 Å². The number of benzene rings is 5. The van der Waals surface area contributed by atoms with E-state index in [2.05, 4.69) is 94.5 Å². The molecular weight excluding hydrogens is 766 g/mol. The van der Waals surface area contributed by atoms with Gasteiger partial charge in [-0.15, -0.1) is 29.8 Å². The fraction of sp³-hybridized carbons (Fsp3) is 0. The molecule has 0 aliphatic carbocycles. The van der Waals surface area contributed by atoms with Gasteiger partial charge in [0.15, 0.2) is 0 Å². The van der Waals surface area contributed by atoms with E-state index >= 15 is 0 Å². The van der Waals surface area contributed by atoms with Gasteiger partial charge in [-0.05, 0) is 70.4 Å². The predicted molar refractivity (Wildman–Crippen MR) is 184 cm³/mol. The number of phenols is 1. The van der Waals surface area contributed by atoms with E-state index in [0.29, 0.717) is 5.69 Å². The number of nitrogens with zero attached hydrogens (tertiary/aromatic N) is 3. The SMILES string of the molecule is Oc1ccccc1-n1c2ccc(-c3ccccc3)cc2c2cc(-c3ccccc3)c(-c3[c-]c(Sc4ccccn4)ccc3)nc21.[Pt]. The normalized spacial score (nSPS) is 11.0. The van der Waals surface area contributed by atoms with Crippen LogP contribution in [-0.2, 0) is 21.1 Å². The van der Waals surface area contributed by atoms with E-state index in [1.807, 2.05) is 60.7 Å². The van der Waals surface area contributed by atoms with Gasteiger partial charge in [-0.1, -0.05) is 102 Å². The summed E-state index contributed by atoms with van der Waals surface area (Å²) < 4.78 is 2.07. The fourth-order valence-corrected chi connectivity index (χ4v) is 6.64. The van der Waals surface area contributed by atoms with Gasteiger partial charge in [-0.2, -0.15) is 0 Å². The number of aromatic nitrogens is 3. The summed E-state index contributed by atoms with van der Waals surface area (Å²) in [4.78, 5) is 10.9. The number of hydrogen-bond acceptors (Lipinski definition) is 4. The molecule has 4 nitrogen and oxygen atoms in total. The summed E-state index contributed by atoms with van der Waals surface area (Å²) in [7, 11) is 0. The Morgan fingerprint density at radius 3 is 2.13 bits per heavy atom. The molecule has 224 valence electrons. The Hall–Kier alpha value is -4.96. The minimum Gasteiger partial charge on any atom is -0.506 e. The zero-order valence-electron chi connectivity index (χ0n) is 24.4. The van der Waals surface area contributed by atoms with Crippen molar-refractivity contribution in [2.75, 3.05) is 0 Å². The van der Waals surface area contributed by atoms with Crippen LogP contribution in [0.1, 0.15) is 0 Å². The smallest absolute Gasteiger partial charge is 0.139 e. The zero-order valence-corrected chi connectivity index (χ0v) is 27.5. The first-order valence-corrected chi connectivity index (χ1v) is 15.5. The first-order valence-electron chi connectivity index (χ1n) is 14.7. The number of fused-ring (bicyclic) bond motifs is 3. The van der Waals surface area contributed by atoms with Crippen LogP contribution < -0.4 is 0 Å². The van der Waals surface area contributed by atoms with Gasteiger partial charge in [-0.25, -0.2) is 4.98 Å². The average Bonchev–Trinajstić information content (AvgIpc) is 3.42. The van der Waals surface area contributed by atoms with Crippen molar-refractivity contribution in [2.45, 2.75) is 9.92 Å². The van der Waals surface area contributed by atoms with Gasteiger partial charge in [0.1, 0.15) is 11.4 Å². The van der Waals surface area contributed by atoms with Crippen molar-refractivity contribution in [1.29, 1.82) is 0 Å². The minimum absolute atomic E-state index is 0. The average molecular weight is 792 g/mol. The van der Waals surface area contributed by atoms with Crippen LogP contribution in [0.15, 0.2) is 162 Å². The molecule has 0 bridgehead atoms. The van der Waals surface area contributed by atoms with Crippen LogP contribution in [0.4, 0.5) is 0 Å². The van der Waals surface area contributed by atoms with Crippen LogP contribution in [0.25, 0.3) is 61.1 Å². The number of hydrogen-bond donors (Lipinski definition) is 1. The summed E-state index contributed by atoms with van der Waals surface area (Å²) in [5.74, 6) is 0.194. The standard InChI is InChI=1S/C40H26N3OS.Pt/c44-37-19-8-7-18-36(37)43-35-22-21-29(27-12-3-1-4-13-27)25-33(35)34-26-32(28-14-5-2-6-15-28)39(42-40(34)43)30-16-11-17-31(24-30)45-38-20-9-10-23-41-38;/h1-23,25-26,44H;/q-1;. The molecule has 8 aromatic rings. The maximum atomic E-state index is 11.1. The molecule has 0 aliphatic heterocycles. The van der Waals surface area contributed by atoms with E-state index in [1.165, 1.54) is 0 Å². The van der Waals surface area contributed by atoms with Gasteiger partial charge >= 0.3 is 0 Å². The largest absolute Gasteiger partial charge is 0.506 e. The molecule has 0 atom stereocenters. The number of pyridine rings is 2. The van der Waals surface area contributed by atoms with E-state index in [0.717, 1.165) is 65.4 Å². The molecule has 0 aliphatic rings. The molecule has 0 saturated heterocycles. The molecule has 0 fully saturated rings. The monoisotopic (exact) mass is 791 g/mol. The van der Waals surface area contributed by atoms with Gasteiger partial charge in [0.25, 0.3) is 0 Å². The molecule has 8 rings (SSSR count). The first kappa shape index (κ1) is 29.7. The Labute approximate surface area is 285 Å². The second-order valence-corrected chi connectivity index (χ2v) is 11.8. The number of rotatable bonds is 6. The van der Waals surface area contributed by atoms with Gasteiger partial charge in [0.05, 0.1) is 16.2 Å². The molecule has 46 heavy (non-hydrogen) atoms. The molecule has 0 radical (unpaired) electrons. The predicted octanol–water partition coefficient (Wildman–Crippen LogP) is 10.2. The van der Waals surface area contributed by atoms with Crippen molar-refractivity contribution < 1.29 is 26.2 Å². The Kier molecular flexibility index (Phi) is 8.27. The molecule has 3 heterocycles. The van der Waals surface area contributed by atoms with Crippen LogP contribution in [0.5, 0.6) is 5.75 Å². The van der Waals surface area contributed by atoms with E-state index in [-0.39, 0.29) is 26.8 Å². The molecule has 0 spiro atoms. The topological polar surface area (TPSA) is 50.9 Å². The summed E-state index contributed by atoms with van der Waals surface area (Å²) >= 11 is 1.57. The Balaban J connectivity index is 0.00000338. The molecule has 3 aromatic heterocycles. The molecule has 0 saturated carbocycles. The Morgan fingerprint density at radius 2 is 1.37 bits per heavy atom. The fourth-order valence-electron chi connectivity index (χ4n) is 5.85. The van der Waals surface area contributed by atoms with Gasteiger partial charge in [0.2, 0.25) is 0 Å². The Bertz CT molecular complexity index is 2310. The quantitative estimate of drug-likeness (QED) is 0.171. The van der Waals surface area contributed by atoms with Crippen LogP contribution >= 0.6 is 11.8 Å². The van der Waals surface area contributed by atoms with Gasteiger partial charge < -0.3 is 5.11 Å². The third-order valence-corrected chi connectivity index (χ3v) is 8.84. The maximum Gasteiger partial charge on any atom is 0.139 e. The minimum atomic E-state index is 0. The van der Waals surface area contributed by atoms with Crippen LogP contribution in [0.2, 0.25) is 0 Å². The van der Waals surface area contributed by atoms with Crippen molar-refractivity contribution in [3.05, 3.63) is 158 Å². The molecule has 5 aromatic carbocycles. The van der Waals surface area contributed by atoms with Crippen LogP contribution in [0.3, 0.4) is 0 Å².